The van der Waals surface area contributed by atoms with Crippen molar-refractivity contribution in [2.24, 2.45) is 11.3 Å². The van der Waals surface area contributed by atoms with Gasteiger partial charge in [0.25, 0.3) is 0 Å². The first kappa shape index (κ1) is 19.0. The van der Waals surface area contributed by atoms with Crippen LogP contribution in [0.1, 0.15) is 72.6 Å². The molecule has 0 radical (unpaired) electrons. The van der Waals surface area contributed by atoms with Gasteiger partial charge in [-0.05, 0) is 65.7 Å². The second-order valence-electron chi connectivity index (χ2n) is 9.17. The van der Waals surface area contributed by atoms with E-state index in [9.17, 15) is 4.79 Å². The zero-order valence-electron chi connectivity index (χ0n) is 16.4. The molecule has 0 aromatic carbocycles. The van der Waals surface area contributed by atoms with Crippen molar-refractivity contribution >= 4 is 6.09 Å². The Kier molecular flexibility index (Phi) is 5.64. The van der Waals surface area contributed by atoms with Gasteiger partial charge in [-0.1, -0.05) is 12.8 Å². The van der Waals surface area contributed by atoms with Gasteiger partial charge >= 0.3 is 6.09 Å². The van der Waals surface area contributed by atoms with E-state index in [1.165, 1.54) is 38.5 Å². The van der Waals surface area contributed by atoms with Crippen LogP contribution in [0.15, 0.2) is 0 Å². The fourth-order valence-electron chi connectivity index (χ4n) is 4.74. The molecule has 1 spiro atoms. The fourth-order valence-corrected chi connectivity index (χ4v) is 4.74. The number of alkyl carbamates (subject to hydrolysis) is 1. The maximum atomic E-state index is 12.1. The first-order chi connectivity index (χ1) is 11.8. The quantitative estimate of drug-likeness (QED) is 0.735. The molecule has 3 unspecified atom stereocenters. The highest BCUT2D eigenvalue weighted by atomic mass is 16.6. The van der Waals surface area contributed by atoms with E-state index in [1.54, 1.807) is 0 Å². The third-order valence-corrected chi connectivity index (χ3v) is 6.16. The monoisotopic (exact) mass is 352 g/mol. The van der Waals surface area contributed by atoms with Crippen molar-refractivity contribution in [1.29, 1.82) is 0 Å². The number of carbonyl (C=O) groups is 1. The zero-order valence-corrected chi connectivity index (χ0v) is 16.4. The van der Waals surface area contributed by atoms with E-state index in [-0.39, 0.29) is 12.1 Å². The Hall–Kier alpha value is -0.810. The van der Waals surface area contributed by atoms with Gasteiger partial charge in [0.15, 0.2) is 0 Å². The van der Waals surface area contributed by atoms with Gasteiger partial charge in [-0.25, -0.2) is 4.79 Å². The molecule has 3 aliphatic carbocycles. The lowest BCUT2D eigenvalue weighted by atomic mass is 9.60. The van der Waals surface area contributed by atoms with Gasteiger partial charge in [-0.2, -0.15) is 0 Å². The summed E-state index contributed by atoms with van der Waals surface area (Å²) in [4.78, 5) is 12.1. The smallest absolute Gasteiger partial charge is 0.407 e. The molecule has 0 saturated heterocycles. The highest BCUT2D eigenvalue weighted by molar-refractivity contribution is 5.68. The summed E-state index contributed by atoms with van der Waals surface area (Å²) in [5, 5.41) is 6.88. The fraction of sp³-hybridized carbons (Fsp3) is 0.950. The predicted molar refractivity (Wildman–Crippen MR) is 98.6 cm³/mol. The molecule has 3 fully saturated rings. The molecule has 3 saturated carbocycles. The maximum Gasteiger partial charge on any atom is 0.407 e. The third kappa shape index (κ3) is 4.48. The second kappa shape index (κ2) is 7.43. The van der Waals surface area contributed by atoms with Gasteiger partial charge in [0.1, 0.15) is 5.60 Å². The van der Waals surface area contributed by atoms with E-state index in [2.05, 4.69) is 17.6 Å². The van der Waals surface area contributed by atoms with Crippen molar-refractivity contribution in [3.05, 3.63) is 0 Å². The van der Waals surface area contributed by atoms with Crippen LogP contribution in [0.25, 0.3) is 0 Å². The summed E-state index contributed by atoms with van der Waals surface area (Å²) in [6, 6.07) is 0.715. The number of carbonyl (C=O) groups excluding carboxylic acids is 1. The van der Waals surface area contributed by atoms with Crippen molar-refractivity contribution < 1.29 is 14.3 Å². The number of nitrogens with one attached hydrogen (secondary N) is 2. The van der Waals surface area contributed by atoms with Crippen LogP contribution >= 0.6 is 0 Å². The van der Waals surface area contributed by atoms with Gasteiger partial charge < -0.3 is 20.1 Å². The molecule has 3 aliphatic rings. The Labute approximate surface area is 152 Å². The van der Waals surface area contributed by atoms with Crippen LogP contribution in [0, 0.1) is 11.3 Å². The summed E-state index contributed by atoms with van der Waals surface area (Å²) < 4.78 is 11.4. The van der Waals surface area contributed by atoms with Crippen molar-refractivity contribution in [2.75, 3.05) is 13.2 Å². The van der Waals surface area contributed by atoms with Crippen molar-refractivity contribution in [1.82, 2.24) is 10.6 Å². The minimum Gasteiger partial charge on any atom is -0.444 e. The van der Waals surface area contributed by atoms with Gasteiger partial charge in [0.2, 0.25) is 0 Å². The topological polar surface area (TPSA) is 59.6 Å². The van der Waals surface area contributed by atoms with Crippen molar-refractivity contribution in [3.63, 3.8) is 0 Å². The van der Waals surface area contributed by atoms with Crippen LogP contribution < -0.4 is 10.6 Å². The van der Waals surface area contributed by atoms with E-state index in [1.807, 2.05) is 20.8 Å². The largest absolute Gasteiger partial charge is 0.444 e. The summed E-state index contributed by atoms with van der Waals surface area (Å²) in [5.41, 5.74) is -0.103. The molecule has 2 N–H and O–H groups in total. The molecule has 0 heterocycles. The standard InChI is InChI=1S/C20H36N2O3/c1-5-24-17-12-16(20(17)10-6-7-11-20)21-13-15(14-8-9-14)22-18(23)25-19(2,3)4/h14-17,21H,5-13H2,1-4H3,(H,22,23). The van der Waals surface area contributed by atoms with Crippen LogP contribution in [0.2, 0.25) is 0 Å². The number of ether oxygens (including phenoxy) is 2. The Balaban J connectivity index is 1.51. The predicted octanol–water partition coefficient (Wildman–Crippen LogP) is 3.62. The molecule has 0 aliphatic heterocycles. The molecule has 144 valence electrons. The Bertz CT molecular complexity index is 464. The second-order valence-corrected chi connectivity index (χ2v) is 9.17. The SMILES string of the molecule is CCOC1CC(NCC(NC(=O)OC(C)(C)C)C2CC2)C12CCCC2. The zero-order chi connectivity index (χ0) is 18.1. The van der Waals surface area contributed by atoms with Gasteiger partial charge in [-0.3, -0.25) is 0 Å². The first-order valence-corrected chi connectivity index (χ1v) is 10.2. The molecule has 3 atom stereocenters. The molecule has 1 amide bonds. The average Bonchev–Trinajstić information content (AvgIpc) is 3.22. The van der Waals surface area contributed by atoms with Crippen LogP contribution in [0.4, 0.5) is 4.79 Å². The lowest BCUT2D eigenvalue weighted by Crippen LogP contribution is -2.64. The summed E-state index contributed by atoms with van der Waals surface area (Å²) in [6.07, 6.45) is 8.87. The minimum atomic E-state index is -0.446. The number of hydrogen-bond donors (Lipinski definition) is 2. The van der Waals surface area contributed by atoms with Crippen molar-refractivity contribution in [3.8, 4) is 0 Å². The normalized spacial score (nSPS) is 29.3. The van der Waals surface area contributed by atoms with Crippen LogP contribution in [-0.2, 0) is 9.47 Å². The molecular formula is C20H36N2O3. The number of rotatable bonds is 7. The van der Waals surface area contributed by atoms with E-state index < -0.39 is 5.60 Å². The number of amides is 1. The molecule has 0 aromatic heterocycles. The van der Waals surface area contributed by atoms with E-state index in [0.29, 0.717) is 23.5 Å². The minimum absolute atomic E-state index is 0.180. The van der Waals surface area contributed by atoms with E-state index >= 15 is 0 Å². The summed E-state index contributed by atoms with van der Waals surface area (Å²) in [6.45, 7) is 9.46. The Morgan fingerprint density at radius 1 is 1.24 bits per heavy atom. The van der Waals surface area contributed by atoms with Crippen LogP contribution in [0.3, 0.4) is 0 Å². The molecule has 25 heavy (non-hydrogen) atoms. The highest BCUT2D eigenvalue weighted by Gasteiger charge is 2.56. The average molecular weight is 353 g/mol. The molecule has 0 aromatic rings. The molecule has 5 nitrogen and oxygen atoms in total. The lowest BCUT2D eigenvalue weighted by molar-refractivity contribution is -0.130. The summed E-state index contributed by atoms with van der Waals surface area (Å²) in [7, 11) is 0. The lowest BCUT2D eigenvalue weighted by Gasteiger charge is -2.54. The first-order valence-electron chi connectivity index (χ1n) is 10.2. The highest BCUT2D eigenvalue weighted by Crippen LogP contribution is 2.54. The van der Waals surface area contributed by atoms with Crippen LogP contribution in [0.5, 0.6) is 0 Å². The van der Waals surface area contributed by atoms with Gasteiger partial charge in [-0.15, -0.1) is 0 Å². The van der Waals surface area contributed by atoms with Gasteiger partial charge in [0.05, 0.1) is 6.10 Å². The maximum absolute atomic E-state index is 12.1. The molecule has 5 heteroatoms. The molecule has 3 rings (SSSR count). The molecular weight excluding hydrogens is 316 g/mol. The summed E-state index contributed by atoms with van der Waals surface area (Å²) in [5.74, 6) is 0.599. The van der Waals surface area contributed by atoms with Crippen LogP contribution in [-0.4, -0.2) is 43.0 Å². The molecule has 0 bridgehead atoms. The van der Waals surface area contributed by atoms with E-state index in [4.69, 9.17) is 9.47 Å². The number of hydrogen-bond acceptors (Lipinski definition) is 4. The Morgan fingerprint density at radius 3 is 2.48 bits per heavy atom. The van der Waals surface area contributed by atoms with Crippen molar-refractivity contribution in [2.45, 2.75) is 96.4 Å². The summed E-state index contributed by atoms with van der Waals surface area (Å²) >= 11 is 0. The Morgan fingerprint density at radius 2 is 1.92 bits per heavy atom. The van der Waals surface area contributed by atoms with E-state index in [0.717, 1.165) is 19.6 Å². The van der Waals surface area contributed by atoms with Gasteiger partial charge in [0, 0.05) is 30.7 Å². The third-order valence-electron chi connectivity index (χ3n) is 6.16.